The van der Waals surface area contributed by atoms with Crippen molar-refractivity contribution in [2.45, 2.75) is 27.2 Å². The van der Waals surface area contributed by atoms with E-state index in [1.54, 1.807) is 6.20 Å². The SMILES string of the molecule is CCOC(=O)Cc1cc(C)ncc1C. The molecule has 3 heteroatoms. The van der Waals surface area contributed by atoms with E-state index < -0.39 is 0 Å². The van der Waals surface area contributed by atoms with E-state index in [0.29, 0.717) is 13.0 Å². The summed E-state index contributed by atoms with van der Waals surface area (Å²) in [4.78, 5) is 15.4. The van der Waals surface area contributed by atoms with Gasteiger partial charge in [0.1, 0.15) is 0 Å². The van der Waals surface area contributed by atoms with E-state index in [2.05, 4.69) is 4.98 Å². The maximum Gasteiger partial charge on any atom is 0.310 e. The highest BCUT2D eigenvalue weighted by atomic mass is 16.5. The molecule has 0 N–H and O–H groups in total. The minimum absolute atomic E-state index is 0.179. The molecule has 0 aliphatic heterocycles. The van der Waals surface area contributed by atoms with E-state index in [1.807, 2.05) is 26.8 Å². The number of carbonyl (C=O) groups excluding carboxylic acids is 1. The first-order chi connectivity index (χ1) is 6.63. The van der Waals surface area contributed by atoms with Gasteiger partial charge in [-0.2, -0.15) is 0 Å². The highest BCUT2D eigenvalue weighted by Crippen LogP contribution is 2.09. The standard InChI is InChI=1S/C11H15NO2/c1-4-14-11(13)6-10-5-9(3)12-7-8(10)2/h5,7H,4,6H2,1-3H3. The molecule has 0 amide bonds. The van der Waals surface area contributed by atoms with Crippen LogP contribution in [0.25, 0.3) is 0 Å². The molecule has 0 spiro atoms. The zero-order chi connectivity index (χ0) is 10.6. The van der Waals surface area contributed by atoms with Crippen LogP contribution in [0, 0.1) is 13.8 Å². The Labute approximate surface area is 84.1 Å². The predicted octanol–water partition coefficient (Wildman–Crippen LogP) is 1.80. The number of aromatic nitrogens is 1. The van der Waals surface area contributed by atoms with Crippen molar-refractivity contribution >= 4 is 5.97 Å². The van der Waals surface area contributed by atoms with Crippen LogP contribution < -0.4 is 0 Å². The van der Waals surface area contributed by atoms with Crippen LogP contribution in [0.4, 0.5) is 0 Å². The van der Waals surface area contributed by atoms with E-state index in [4.69, 9.17) is 4.74 Å². The summed E-state index contributed by atoms with van der Waals surface area (Å²) in [7, 11) is 0. The minimum atomic E-state index is -0.179. The summed E-state index contributed by atoms with van der Waals surface area (Å²) in [6.07, 6.45) is 2.12. The van der Waals surface area contributed by atoms with Crippen molar-refractivity contribution < 1.29 is 9.53 Å². The Balaban J connectivity index is 2.75. The summed E-state index contributed by atoms with van der Waals surface area (Å²) < 4.78 is 4.88. The Hall–Kier alpha value is -1.38. The van der Waals surface area contributed by atoms with E-state index in [0.717, 1.165) is 16.8 Å². The maximum absolute atomic E-state index is 11.2. The highest BCUT2D eigenvalue weighted by molar-refractivity contribution is 5.73. The number of hydrogen-bond acceptors (Lipinski definition) is 3. The summed E-state index contributed by atoms with van der Waals surface area (Å²) >= 11 is 0. The Bertz CT molecular complexity index is 334. The van der Waals surface area contributed by atoms with Crippen LogP contribution in [-0.2, 0) is 16.0 Å². The number of pyridine rings is 1. The first-order valence-electron chi connectivity index (χ1n) is 4.71. The average Bonchev–Trinajstić information content (AvgIpc) is 2.12. The Morgan fingerprint density at radius 3 is 2.86 bits per heavy atom. The molecule has 0 saturated carbocycles. The molecule has 0 aliphatic carbocycles. The Morgan fingerprint density at radius 1 is 1.50 bits per heavy atom. The smallest absolute Gasteiger partial charge is 0.310 e. The Kier molecular flexibility index (Phi) is 3.63. The monoisotopic (exact) mass is 193 g/mol. The van der Waals surface area contributed by atoms with Gasteiger partial charge in [-0.1, -0.05) is 0 Å². The van der Waals surface area contributed by atoms with Gasteiger partial charge in [-0.25, -0.2) is 0 Å². The van der Waals surface area contributed by atoms with Crippen molar-refractivity contribution in [2.75, 3.05) is 6.61 Å². The number of nitrogens with zero attached hydrogens (tertiary/aromatic N) is 1. The van der Waals surface area contributed by atoms with Crippen molar-refractivity contribution in [2.24, 2.45) is 0 Å². The van der Waals surface area contributed by atoms with Crippen LogP contribution in [-0.4, -0.2) is 17.6 Å². The zero-order valence-corrected chi connectivity index (χ0v) is 8.83. The first kappa shape index (κ1) is 10.7. The summed E-state index contributed by atoms with van der Waals surface area (Å²) in [5, 5.41) is 0. The highest BCUT2D eigenvalue weighted by Gasteiger charge is 2.06. The molecule has 0 aliphatic rings. The van der Waals surface area contributed by atoms with Crippen molar-refractivity contribution in [1.29, 1.82) is 0 Å². The molecule has 1 heterocycles. The molecule has 14 heavy (non-hydrogen) atoms. The summed E-state index contributed by atoms with van der Waals surface area (Å²) in [5.41, 5.74) is 2.95. The van der Waals surface area contributed by atoms with Crippen LogP contribution in [0.3, 0.4) is 0 Å². The molecule has 0 bridgehead atoms. The number of aryl methyl sites for hydroxylation is 2. The van der Waals surface area contributed by atoms with Gasteiger partial charge in [0.2, 0.25) is 0 Å². The third-order valence-electron chi connectivity index (χ3n) is 1.99. The topological polar surface area (TPSA) is 39.2 Å². The lowest BCUT2D eigenvalue weighted by Gasteiger charge is -2.05. The van der Waals surface area contributed by atoms with Gasteiger partial charge >= 0.3 is 5.97 Å². The molecule has 1 rings (SSSR count). The van der Waals surface area contributed by atoms with Crippen LogP contribution in [0.5, 0.6) is 0 Å². The number of hydrogen-bond donors (Lipinski definition) is 0. The number of esters is 1. The summed E-state index contributed by atoms with van der Waals surface area (Å²) in [6, 6.07) is 1.92. The molecular weight excluding hydrogens is 178 g/mol. The largest absolute Gasteiger partial charge is 0.466 e. The van der Waals surface area contributed by atoms with E-state index in [-0.39, 0.29) is 5.97 Å². The first-order valence-corrected chi connectivity index (χ1v) is 4.71. The lowest BCUT2D eigenvalue weighted by Crippen LogP contribution is -2.09. The minimum Gasteiger partial charge on any atom is -0.466 e. The fourth-order valence-corrected chi connectivity index (χ4v) is 1.24. The maximum atomic E-state index is 11.2. The normalized spacial score (nSPS) is 9.93. The van der Waals surface area contributed by atoms with Crippen molar-refractivity contribution in [1.82, 2.24) is 4.98 Å². The molecule has 1 aromatic heterocycles. The quantitative estimate of drug-likeness (QED) is 0.687. The van der Waals surface area contributed by atoms with Crippen molar-refractivity contribution in [3.63, 3.8) is 0 Å². The molecule has 0 fully saturated rings. The van der Waals surface area contributed by atoms with Crippen LogP contribution in [0.2, 0.25) is 0 Å². The second kappa shape index (κ2) is 4.74. The predicted molar refractivity (Wildman–Crippen MR) is 54.0 cm³/mol. The van der Waals surface area contributed by atoms with Crippen molar-refractivity contribution in [3.8, 4) is 0 Å². The molecule has 0 aromatic carbocycles. The molecule has 3 nitrogen and oxygen atoms in total. The van der Waals surface area contributed by atoms with Gasteiger partial charge in [-0.15, -0.1) is 0 Å². The van der Waals surface area contributed by atoms with Crippen molar-refractivity contribution in [3.05, 3.63) is 29.1 Å². The van der Waals surface area contributed by atoms with Gasteiger partial charge in [-0.3, -0.25) is 9.78 Å². The lowest BCUT2D eigenvalue weighted by atomic mass is 10.1. The van der Waals surface area contributed by atoms with E-state index in [1.165, 1.54) is 0 Å². The van der Waals surface area contributed by atoms with Gasteiger partial charge in [-0.05, 0) is 38.0 Å². The molecule has 0 radical (unpaired) electrons. The molecular formula is C11H15NO2. The molecule has 0 atom stereocenters. The van der Waals surface area contributed by atoms with Gasteiger partial charge in [0, 0.05) is 11.9 Å². The second-order valence-electron chi connectivity index (χ2n) is 3.23. The van der Waals surface area contributed by atoms with Gasteiger partial charge in [0.15, 0.2) is 0 Å². The van der Waals surface area contributed by atoms with Crippen LogP contribution in [0.15, 0.2) is 12.3 Å². The third-order valence-corrected chi connectivity index (χ3v) is 1.99. The number of rotatable bonds is 3. The average molecular weight is 193 g/mol. The Morgan fingerprint density at radius 2 is 2.21 bits per heavy atom. The zero-order valence-electron chi connectivity index (χ0n) is 8.83. The van der Waals surface area contributed by atoms with Gasteiger partial charge in [0.25, 0.3) is 0 Å². The van der Waals surface area contributed by atoms with E-state index in [9.17, 15) is 4.79 Å². The second-order valence-corrected chi connectivity index (χ2v) is 3.23. The molecule has 1 aromatic rings. The fraction of sp³-hybridized carbons (Fsp3) is 0.455. The van der Waals surface area contributed by atoms with Crippen LogP contribution >= 0.6 is 0 Å². The molecule has 0 saturated heterocycles. The van der Waals surface area contributed by atoms with Gasteiger partial charge in [0.05, 0.1) is 13.0 Å². The van der Waals surface area contributed by atoms with Crippen LogP contribution in [0.1, 0.15) is 23.7 Å². The number of carbonyl (C=O) groups is 1. The summed E-state index contributed by atoms with van der Waals surface area (Å²) in [5.74, 6) is -0.179. The summed E-state index contributed by atoms with van der Waals surface area (Å²) in [6.45, 7) is 6.10. The number of ether oxygens (including phenoxy) is 1. The fourth-order valence-electron chi connectivity index (χ4n) is 1.24. The van der Waals surface area contributed by atoms with Gasteiger partial charge < -0.3 is 4.74 Å². The molecule has 76 valence electrons. The molecule has 0 unspecified atom stereocenters. The lowest BCUT2D eigenvalue weighted by molar-refractivity contribution is -0.142. The van der Waals surface area contributed by atoms with E-state index >= 15 is 0 Å². The third kappa shape index (κ3) is 2.83.